The smallest absolute Gasteiger partial charge is 0.0139 e. The van der Waals surface area contributed by atoms with Crippen molar-refractivity contribution >= 4 is 0 Å². The molecule has 0 bridgehead atoms. The lowest BCUT2D eigenvalue weighted by Gasteiger charge is -2.26. The lowest BCUT2D eigenvalue weighted by Crippen LogP contribution is -2.16. The zero-order chi connectivity index (χ0) is 20.6. The zero-order valence-corrected chi connectivity index (χ0v) is 18.8. The van der Waals surface area contributed by atoms with Crippen LogP contribution < -0.4 is 0 Å². The van der Waals surface area contributed by atoms with E-state index in [1.54, 1.807) is 16.7 Å². The molecule has 1 fully saturated rings. The molecule has 3 aliphatic carbocycles. The Balaban J connectivity index is 1.70. The first-order chi connectivity index (χ1) is 13.6. The Morgan fingerprint density at radius 1 is 0.759 bits per heavy atom. The third kappa shape index (κ3) is 2.95. The van der Waals surface area contributed by atoms with Crippen molar-refractivity contribution in [2.75, 3.05) is 0 Å². The van der Waals surface area contributed by atoms with E-state index >= 15 is 0 Å². The molecule has 0 heterocycles. The third-order valence-corrected chi connectivity index (χ3v) is 7.51. The molecule has 2 aromatic rings. The van der Waals surface area contributed by atoms with E-state index in [-0.39, 0.29) is 10.8 Å². The fraction of sp³-hybridized carbons (Fsp3) is 0.448. The number of benzene rings is 2. The van der Waals surface area contributed by atoms with Gasteiger partial charge in [-0.05, 0) is 63.0 Å². The van der Waals surface area contributed by atoms with Gasteiger partial charge in [0.1, 0.15) is 0 Å². The second-order valence-corrected chi connectivity index (χ2v) is 11.4. The van der Waals surface area contributed by atoms with Crippen LogP contribution in [0.5, 0.6) is 0 Å². The van der Waals surface area contributed by atoms with Gasteiger partial charge < -0.3 is 0 Å². The molecule has 2 unspecified atom stereocenters. The van der Waals surface area contributed by atoms with E-state index < -0.39 is 0 Å². The molecule has 1 saturated carbocycles. The number of allylic oxidation sites excluding steroid dienone is 4. The minimum absolute atomic E-state index is 0.173. The van der Waals surface area contributed by atoms with Crippen molar-refractivity contribution in [1.82, 2.24) is 0 Å². The second kappa shape index (κ2) is 6.21. The third-order valence-electron chi connectivity index (χ3n) is 7.51. The first-order valence-electron chi connectivity index (χ1n) is 11.3. The quantitative estimate of drug-likeness (QED) is 0.470. The highest BCUT2D eigenvalue weighted by Crippen LogP contribution is 2.56. The summed E-state index contributed by atoms with van der Waals surface area (Å²) in [5.74, 6) is 1.87. The molecule has 3 aliphatic rings. The van der Waals surface area contributed by atoms with Crippen molar-refractivity contribution in [3.05, 3.63) is 82.5 Å². The van der Waals surface area contributed by atoms with E-state index in [1.807, 2.05) is 0 Å². The maximum Gasteiger partial charge on any atom is 0.0139 e. The minimum atomic E-state index is 0.173. The van der Waals surface area contributed by atoms with Crippen LogP contribution in [0.3, 0.4) is 0 Å². The number of rotatable bonds is 1. The summed E-state index contributed by atoms with van der Waals surface area (Å²) in [5.41, 5.74) is 11.0. The van der Waals surface area contributed by atoms with E-state index in [9.17, 15) is 0 Å². The average Bonchev–Trinajstić information content (AvgIpc) is 3.32. The number of fused-ring (bicyclic) bond motifs is 4. The molecule has 0 aliphatic heterocycles. The van der Waals surface area contributed by atoms with Gasteiger partial charge in [-0.15, -0.1) is 0 Å². The summed E-state index contributed by atoms with van der Waals surface area (Å²) in [6.07, 6.45) is 9.69. The lowest BCUT2D eigenvalue weighted by atomic mass is 9.77. The normalized spacial score (nSPS) is 23.2. The van der Waals surface area contributed by atoms with Crippen molar-refractivity contribution in [2.24, 2.45) is 11.8 Å². The highest BCUT2D eigenvalue weighted by atomic mass is 14.5. The first-order valence-corrected chi connectivity index (χ1v) is 11.3. The van der Waals surface area contributed by atoms with E-state index in [0.717, 1.165) is 0 Å². The van der Waals surface area contributed by atoms with Gasteiger partial charge in [0.05, 0.1) is 0 Å². The molecule has 0 nitrogen and oxygen atoms in total. The van der Waals surface area contributed by atoms with Crippen molar-refractivity contribution in [2.45, 2.75) is 71.1 Å². The maximum absolute atomic E-state index is 2.50. The molecule has 2 aromatic carbocycles. The Kier molecular flexibility index (Phi) is 4.05. The summed E-state index contributed by atoms with van der Waals surface area (Å²) in [7, 11) is 0. The molecule has 0 spiro atoms. The highest BCUT2D eigenvalue weighted by Gasteiger charge is 2.42. The largest absolute Gasteiger partial charge is 0.0770 e. The van der Waals surface area contributed by atoms with E-state index in [1.165, 1.54) is 35.1 Å². The topological polar surface area (TPSA) is 0 Å². The predicted molar refractivity (Wildman–Crippen MR) is 125 cm³/mol. The van der Waals surface area contributed by atoms with Gasteiger partial charge in [-0.25, -0.2) is 0 Å². The highest BCUT2D eigenvalue weighted by molar-refractivity contribution is 5.80. The van der Waals surface area contributed by atoms with E-state index in [2.05, 4.69) is 96.2 Å². The van der Waals surface area contributed by atoms with E-state index in [4.69, 9.17) is 0 Å². The molecule has 150 valence electrons. The fourth-order valence-corrected chi connectivity index (χ4v) is 5.77. The van der Waals surface area contributed by atoms with Gasteiger partial charge in [0, 0.05) is 11.8 Å². The molecule has 29 heavy (non-hydrogen) atoms. The summed E-state index contributed by atoms with van der Waals surface area (Å²) < 4.78 is 0. The standard InChI is InChI=1S/C29H34/c1-28(2,3)19-11-14-23-25(16-19)26-17-20(29(4,5)6)12-15-24(26)27(23)22-13-10-18-8-7-9-21(18)22/h7-9,11-12,14-17,21-22,27H,10,13H2,1-6H3. The molecule has 0 amide bonds. The van der Waals surface area contributed by atoms with Gasteiger partial charge in [0.25, 0.3) is 0 Å². The molecule has 5 rings (SSSR count). The summed E-state index contributed by atoms with van der Waals surface area (Å²) in [4.78, 5) is 0. The van der Waals surface area contributed by atoms with Crippen LogP contribution >= 0.6 is 0 Å². The molecular weight excluding hydrogens is 348 g/mol. The summed E-state index contributed by atoms with van der Waals surface area (Å²) in [5, 5.41) is 0. The van der Waals surface area contributed by atoms with Gasteiger partial charge in [0.2, 0.25) is 0 Å². The van der Waals surface area contributed by atoms with Crippen molar-refractivity contribution in [1.29, 1.82) is 0 Å². The fourth-order valence-electron chi connectivity index (χ4n) is 5.77. The Labute approximate surface area is 176 Å². The Morgan fingerprint density at radius 3 is 1.83 bits per heavy atom. The molecule has 0 N–H and O–H groups in total. The first kappa shape index (κ1) is 18.9. The molecule has 0 heteroatoms. The van der Waals surface area contributed by atoms with Crippen LogP contribution in [0.2, 0.25) is 0 Å². The van der Waals surface area contributed by atoms with E-state index in [0.29, 0.717) is 17.8 Å². The second-order valence-electron chi connectivity index (χ2n) is 11.4. The van der Waals surface area contributed by atoms with Crippen LogP contribution in [0.4, 0.5) is 0 Å². The molecule has 0 radical (unpaired) electrons. The minimum Gasteiger partial charge on any atom is -0.0770 e. The maximum atomic E-state index is 2.50. The van der Waals surface area contributed by atoms with Crippen LogP contribution in [-0.4, -0.2) is 0 Å². The van der Waals surface area contributed by atoms with Crippen LogP contribution in [0.15, 0.2) is 60.2 Å². The van der Waals surface area contributed by atoms with Gasteiger partial charge in [0.15, 0.2) is 0 Å². The van der Waals surface area contributed by atoms with Crippen LogP contribution in [0, 0.1) is 11.8 Å². The monoisotopic (exact) mass is 382 g/mol. The van der Waals surface area contributed by atoms with Crippen LogP contribution in [0.25, 0.3) is 11.1 Å². The Bertz CT molecular complexity index is 969. The van der Waals surface area contributed by atoms with Crippen molar-refractivity contribution in [3.8, 4) is 11.1 Å². The van der Waals surface area contributed by atoms with Crippen molar-refractivity contribution in [3.63, 3.8) is 0 Å². The van der Waals surface area contributed by atoms with Gasteiger partial charge in [-0.1, -0.05) is 102 Å². The molecule has 0 aromatic heterocycles. The molecular formula is C29H34. The van der Waals surface area contributed by atoms with Crippen LogP contribution in [0.1, 0.15) is 82.6 Å². The number of hydrogen-bond acceptors (Lipinski definition) is 0. The average molecular weight is 383 g/mol. The van der Waals surface area contributed by atoms with Crippen molar-refractivity contribution < 1.29 is 0 Å². The van der Waals surface area contributed by atoms with Gasteiger partial charge >= 0.3 is 0 Å². The summed E-state index contributed by atoms with van der Waals surface area (Å²) in [6, 6.07) is 14.7. The predicted octanol–water partition coefficient (Wildman–Crippen LogP) is 7.92. The van der Waals surface area contributed by atoms with Gasteiger partial charge in [-0.2, -0.15) is 0 Å². The van der Waals surface area contributed by atoms with Gasteiger partial charge in [-0.3, -0.25) is 0 Å². The Hall–Kier alpha value is -2.08. The SMILES string of the molecule is CC(C)(C)c1ccc2c(c1)-c1cc(C(C)(C)C)ccc1C2C1CCC2=CC=CC21. The molecule has 0 saturated heterocycles. The van der Waals surface area contributed by atoms with Crippen LogP contribution in [-0.2, 0) is 10.8 Å². The Morgan fingerprint density at radius 2 is 1.31 bits per heavy atom. The lowest BCUT2D eigenvalue weighted by molar-refractivity contribution is 0.434. The summed E-state index contributed by atoms with van der Waals surface area (Å²) >= 11 is 0. The summed E-state index contributed by atoms with van der Waals surface area (Å²) in [6.45, 7) is 13.9. The molecule has 2 atom stereocenters. The zero-order valence-electron chi connectivity index (χ0n) is 18.8. The number of hydrogen-bond donors (Lipinski definition) is 0.